The fraction of sp³-hybridized carbons (Fsp3) is 0.438. The number of aromatic nitrogens is 1. The second-order valence-corrected chi connectivity index (χ2v) is 7.56. The summed E-state index contributed by atoms with van der Waals surface area (Å²) in [4.78, 5) is -0.0447. The normalized spacial score (nSPS) is 14.9. The SMILES string of the molecule is CCN(Cc1noc2c1CCCC2)S(=O)(=O)c1cccc(F)c1. The van der Waals surface area contributed by atoms with Crippen LogP contribution in [-0.4, -0.2) is 24.4 Å². The van der Waals surface area contributed by atoms with Crippen molar-refractivity contribution >= 4 is 10.0 Å². The van der Waals surface area contributed by atoms with Crippen molar-refractivity contribution in [2.45, 2.75) is 44.0 Å². The Bertz CT molecular complexity index is 801. The quantitative estimate of drug-likeness (QED) is 0.841. The molecule has 7 heteroatoms. The second-order valence-electron chi connectivity index (χ2n) is 5.63. The average Bonchev–Trinajstić information content (AvgIpc) is 2.95. The van der Waals surface area contributed by atoms with Gasteiger partial charge >= 0.3 is 0 Å². The largest absolute Gasteiger partial charge is 0.361 e. The standard InChI is InChI=1S/C16H19FN2O3S/c1-2-19(23(20,21)13-7-5-6-12(17)10-13)11-15-14-8-3-4-9-16(14)22-18-15/h5-7,10H,2-4,8-9,11H2,1H3. The Morgan fingerprint density at radius 3 is 2.83 bits per heavy atom. The van der Waals surface area contributed by atoms with E-state index < -0.39 is 15.8 Å². The molecule has 0 unspecified atom stereocenters. The molecule has 0 radical (unpaired) electrons. The van der Waals surface area contributed by atoms with E-state index in [9.17, 15) is 12.8 Å². The van der Waals surface area contributed by atoms with Gasteiger partial charge in [-0.25, -0.2) is 12.8 Å². The number of nitrogens with zero attached hydrogens (tertiary/aromatic N) is 2. The molecule has 0 spiro atoms. The van der Waals surface area contributed by atoms with Crippen LogP contribution in [0.5, 0.6) is 0 Å². The van der Waals surface area contributed by atoms with Crippen LogP contribution in [0.4, 0.5) is 4.39 Å². The van der Waals surface area contributed by atoms with Gasteiger partial charge in [-0.3, -0.25) is 0 Å². The van der Waals surface area contributed by atoms with Gasteiger partial charge in [0.05, 0.1) is 11.4 Å². The first kappa shape index (κ1) is 16.1. The third kappa shape index (κ3) is 3.16. The molecule has 0 amide bonds. The van der Waals surface area contributed by atoms with Crippen LogP contribution >= 0.6 is 0 Å². The van der Waals surface area contributed by atoms with Crippen molar-refractivity contribution in [3.05, 3.63) is 47.1 Å². The average molecular weight is 338 g/mol. The first-order valence-corrected chi connectivity index (χ1v) is 9.18. The highest BCUT2D eigenvalue weighted by atomic mass is 32.2. The lowest BCUT2D eigenvalue weighted by Gasteiger charge is -2.20. The van der Waals surface area contributed by atoms with Crippen LogP contribution in [0, 0.1) is 5.82 Å². The van der Waals surface area contributed by atoms with Crippen molar-refractivity contribution in [2.24, 2.45) is 0 Å². The van der Waals surface area contributed by atoms with Crippen molar-refractivity contribution in [3.63, 3.8) is 0 Å². The van der Waals surface area contributed by atoms with E-state index in [1.807, 2.05) is 0 Å². The van der Waals surface area contributed by atoms with Crippen LogP contribution in [-0.2, 0) is 29.4 Å². The van der Waals surface area contributed by atoms with Crippen molar-refractivity contribution in [1.82, 2.24) is 9.46 Å². The molecule has 5 nitrogen and oxygen atoms in total. The fourth-order valence-corrected chi connectivity index (χ4v) is 4.33. The minimum atomic E-state index is -3.76. The number of fused-ring (bicyclic) bond motifs is 1. The van der Waals surface area contributed by atoms with Crippen molar-refractivity contribution in [2.75, 3.05) is 6.54 Å². The van der Waals surface area contributed by atoms with E-state index >= 15 is 0 Å². The summed E-state index contributed by atoms with van der Waals surface area (Å²) in [5, 5.41) is 4.06. The summed E-state index contributed by atoms with van der Waals surface area (Å²) in [7, 11) is -3.76. The second kappa shape index (κ2) is 6.41. The molecule has 1 heterocycles. The number of sulfonamides is 1. The Morgan fingerprint density at radius 2 is 2.09 bits per heavy atom. The van der Waals surface area contributed by atoms with Gasteiger partial charge in [0, 0.05) is 18.5 Å². The number of hydrogen-bond acceptors (Lipinski definition) is 4. The molecule has 0 fully saturated rings. The Balaban J connectivity index is 1.89. The number of hydrogen-bond donors (Lipinski definition) is 0. The molecule has 23 heavy (non-hydrogen) atoms. The van der Waals surface area contributed by atoms with Crippen molar-refractivity contribution < 1.29 is 17.3 Å². The Morgan fingerprint density at radius 1 is 1.30 bits per heavy atom. The summed E-state index contributed by atoms with van der Waals surface area (Å²) in [5.41, 5.74) is 1.70. The zero-order chi connectivity index (χ0) is 16.4. The molecule has 1 aliphatic rings. The molecular weight excluding hydrogens is 319 g/mol. The Hall–Kier alpha value is -1.73. The van der Waals surface area contributed by atoms with Crippen molar-refractivity contribution in [3.8, 4) is 0 Å². The molecule has 0 aliphatic heterocycles. The number of rotatable bonds is 5. The summed E-state index contributed by atoms with van der Waals surface area (Å²) in [6.07, 6.45) is 3.85. The fourth-order valence-electron chi connectivity index (χ4n) is 2.88. The van der Waals surface area contributed by atoms with Gasteiger partial charge in [0.1, 0.15) is 17.3 Å². The number of benzene rings is 1. The van der Waals surface area contributed by atoms with Gasteiger partial charge in [0.25, 0.3) is 0 Å². The first-order chi connectivity index (χ1) is 11.0. The summed E-state index contributed by atoms with van der Waals surface area (Å²) in [6.45, 7) is 2.18. The summed E-state index contributed by atoms with van der Waals surface area (Å²) in [5.74, 6) is 0.298. The molecule has 0 atom stereocenters. The summed E-state index contributed by atoms with van der Waals surface area (Å²) >= 11 is 0. The number of halogens is 1. The van der Waals surface area contributed by atoms with Gasteiger partial charge in [-0.2, -0.15) is 4.31 Å². The maximum atomic E-state index is 13.4. The van der Waals surface area contributed by atoms with Crippen LogP contribution in [0.25, 0.3) is 0 Å². The molecule has 2 aromatic rings. The number of aryl methyl sites for hydroxylation is 1. The van der Waals surface area contributed by atoms with Gasteiger partial charge in [0.2, 0.25) is 10.0 Å². The highest BCUT2D eigenvalue weighted by molar-refractivity contribution is 7.89. The minimum absolute atomic E-state index is 0.0447. The zero-order valence-electron chi connectivity index (χ0n) is 13.0. The van der Waals surface area contributed by atoms with Crippen molar-refractivity contribution in [1.29, 1.82) is 0 Å². The van der Waals surface area contributed by atoms with Crippen LogP contribution in [0.15, 0.2) is 33.7 Å². The monoisotopic (exact) mass is 338 g/mol. The van der Waals surface area contributed by atoms with Gasteiger partial charge in [-0.05, 0) is 37.5 Å². The van der Waals surface area contributed by atoms with E-state index in [1.165, 1.54) is 22.5 Å². The van der Waals surface area contributed by atoms with Crippen LogP contribution in [0.3, 0.4) is 0 Å². The smallest absolute Gasteiger partial charge is 0.243 e. The zero-order valence-corrected chi connectivity index (χ0v) is 13.8. The van der Waals surface area contributed by atoms with Gasteiger partial charge in [-0.15, -0.1) is 0 Å². The highest BCUT2D eigenvalue weighted by Crippen LogP contribution is 2.26. The molecule has 1 aromatic carbocycles. The van der Waals surface area contributed by atoms with Crippen LogP contribution < -0.4 is 0 Å². The predicted molar refractivity (Wildman–Crippen MR) is 82.8 cm³/mol. The van der Waals surface area contributed by atoms with E-state index in [4.69, 9.17) is 4.52 Å². The van der Waals surface area contributed by atoms with E-state index in [0.29, 0.717) is 5.69 Å². The lowest BCUT2D eigenvalue weighted by atomic mass is 9.96. The molecule has 3 rings (SSSR count). The minimum Gasteiger partial charge on any atom is -0.361 e. The maximum Gasteiger partial charge on any atom is 0.243 e. The third-order valence-electron chi connectivity index (χ3n) is 4.14. The predicted octanol–water partition coefficient (Wildman–Crippen LogP) is 2.90. The third-order valence-corrected chi connectivity index (χ3v) is 6.06. The summed E-state index contributed by atoms with van der Waals surface area (Å²) < 4.78 is 45.4. The Labute approximate surface area is 135 Å². The maximum absolute atomic E-state index is 13.4. The van der Waals surface area contributed by atoms with E-state index in [-0.39, 0.29) is 18.0 Å². The molecule has 0 saturated carbocycles. The van der Waals surface area contributed by atoms with E-state index in [1.54, 1.807) is 6.92 Å². The van der Waals surface area contributed by atoms with Gasteiger partial charge in [0.15, 0.2) is 0 Å². The van der Waals surface area contributed by atoms with Crippen LogP contribution in [0.2, 0.25) is 0 Å². The molecule has 0 N–H and O–H groups in total. The topological polar surface area (TPSA) is 63.4 Å². The molecular formula is C16H19FN2O3S. The van der Waals surface area contributed by atoms with Crippen LogP contribution in [0.1, 0.15) is 36.8 Å². The van der Waals surface area contributed by atoms with Gasteiger partial charge < -0.3 is 4.52 Å². The summed E-state index contributed by atoms with van der Waals surface area (Å²) in [6, 6.07) is 5.06. The lowest BCUT2D eigenvalue weighted by molar-refractivity contribution is 0.355. The van der Waals surface area contributed by atoms with E-state index in [2.05, 4.69) is 5.16 Å². The Kier molecular flexibility index (Phi) is 4.50. The molecule has 0 saturated heterocycles. The first-order valence-electron chi connectivity index (χ1n) is 7.74. The molecule has 1 aromatic heterocycles. The molecule has 1 aliphatic carbocycles. The molecule has 124 valence electrons. The molecule has 0 bridgehead atoms. The highest BCUT2D eigenvalue weighted by Gasteiger charge is 2.27. The van der Waals surface area contributed by atoms with E-state index in [0.717, 1.165) is 43.1 Å². The van der Waals surface area contributed by atoms with Gasteiger partial charge in [-0.1, -0.05) is 18.1 Å². The lowest BCUT2D eigenvalue weighted by Crippen LogP contribution is -2.31.